The van der Waals surface area contributed by atoms with E-state index in [0.29, 0.717) is 12.3 Å². The molecule has 0 fully saturated rings. The fourth-order valence-electron chi connectivity index (χ4n) is 1.44. The van der Waals surface area contributed by atoms with Crippen LogP contribution in [0.2, 0.25) is 5.02 Å². The first kappa shape index (κ1) is 16.9. The summed E-state index contributed by atoms with van der Waals surface area (Å²) in [6.45, 7) is 0. The zero-order chi connectivity index (χ0) is 16.5. The number of rotatable bonds is 3. The molecule has 22 heavy (non-hydrogen) atoms. The molecule has 0 aliphatic rings. The number of nitrogens with zero attached hydrogens (tertiary/aromatic N) is 1. The van der Waals surface area contributed by atoms with Crippen molar-refractivity contribution < 1.29 is 26.3 Å². The molecule has 0 radical (unpaired) electrons. The van der Waals surface area contributed by atoms with Crippen LogP contribution in [0.3, 0.4) is 0 Å². The molecule has 10 heteroatoms. The molecule has 2 rings (SSSR count). The molecular weight excluding hydrogens is 366 g/mol. The Morgan fingerprint density at radius 1 is 1.14 bits per heavy atom. The third-order valence-electron chi connectivity index (χ3n) is 2.45. The smallest absolute Gasteiger partial charge is 0.417 e. The quantitative estimate of drug-likeness (QED) is 0.746. The van der Waals surface area contributed by atoms with Gasteiger partial charge in [-0.3, -0.25) is 0 Å². The van der Waals surface area contributed by atoms with Crippen LogP contribution in [0.15, 0.2) is 41.4 Å². The first-order valence-electron chi connectivity index (χ1n) is 5.53. The second kappa shape index (κ2) is 5.94. The van der Waals surface area contributed by atoms with Crippen LogP contribution in [0.25, 0.3) is 0 Å². The highest BCUT2D eigenvalue weighted by atomic mass is 35.7. The van der Waals surface area contributed by atoms with Gasteiger partial charge in [0.05, 0.1) is 10.5 Å². The molecule has 0 N–H and O–H groups in total. The Hall–Kier alpha value is -1.51. The summed E-state index contributed by atoms with van der Waals surface area (Å²) in [5.41, 5.74) is -1.01. The minimum absolute atomic E-state index is 0.137. The number of aromatic nitrogens is 1. The van der Waals surface area contributed by atoms with Crippen molar-refractivity contribution in [2.45, 2.75) is 11.1 Å². The summed E-state index contributed by atoms with van der Waals surface area (Å²) < 4.78 is 64.8. The topological polar surface area (TPSA) is 56.3 Å². The molecule has 1 aromatic heterocycles. The van der Waals surface area contributed by atoms with Gasteiger partial charge in [-0.25, -0.2) is 13.4 Å². The van der Waals surface area contributed by atoms with E-state index in [4.69, 9.17) is 27.0 Å². The monoisotopic (exact) mass is 371 g/mol. The van der Waals surface area contributed by atoms with Crippen molar-refractivity contribution in [3.8, 4) is 11.6 Å². The van der Waals surface area contributed by atoms with Crippen LogP contribution in [0.5, 0.6) is 11.6 Å². The van der Waals surface area contributed by atoms with E-state index < -0.39 is 20.8 Å². The highest BCUT2D eigenvalue weighted by Crippen LogP contribution is 2.34. The van der Waals surface area contributed by atoms with E-state index in [1.807, 2.05) is 0 Å². The van der Waals surface area contributed by atoms with Gasteiger partial charge in [-0.2, -0.15) is 13.2 Å². The maximum atomic E-state index is 12.5. The number of halogens is 5. The Bertz CT molecular complexity index is 792. The van der Waals surface area contributed by atoms with Gasteiger partial charge in [0.25, 0.3) is 9.05 Å². The molecule has 118 valence electrons. The Kier molecular flexibility index (Phi) is 4.55. The Morgan fingerprint density at radius 2 is 1.73 bits per heavy atom. The Balaban J connectivity index is 2.24. The van der Waals surface area contributed by atoms with Crippen LogP contribution >= 0.6 is 22.3 Å². The lowest BCUT2D eigenvalue weighted by atomic mass is 10.3. The molecule has 0 saturated heterocycles. The average molecular weight is 372 g/mol. The van der Waals surface area contributed by atoms with E-state index in [2.05, 4.69) is 4.98 Å². The molecule has 1 heterocycles. The molecule has 0 aliphatic carbocycles. The zero-order valence-electron chi connectivity index (χ0n) is 10.4. The van der Waals surface area contributed by atoms with Gasteiger partial charge in [0, 0.05) is 16.9 Å². The van der Waals surface area contributed by atoms with E-state index in [1.165, 1.54) is 24.3 Å². The van der Waals surface area contributed by atoms with Gasteiger partial charge < -0.3 is 4.74 Å². The Morgan fingerprint density at radius 3 is 2.18 bits per heavy atom. The van der Waals surface area contributed by atoms with Gasteiger partial charge in [0.2, 0.25) is 5.88 Å². The highest BCUT2D eigenvalue weighted by molar-refractivity contribution is 8.13. The van der Waals surface area contributed by atoms with Crippen LogP contribution in [0, 0.1) is 0 Å². The molecule has 4 nitrogen and oxygen atoms in total. The number of pyridine rings is 1. The van der Waals surface area contributed by atoms with Crippen LogP contribution in [-0.2, 0) is 15.2 Å². The summed E-state index contributed by atoms with van der Waals surface area (Å²) in [5.74, 6) is -0.102. The van der Waals surface area contributed by atoms with Crippen molar-refractivity contribution in [1.82, 2.24) is 4.98 Å². The average Bonchev–Trinajstić information content (AvgIpc) is 2.39. The molecule has 0 unspecified atom stereocenters. The fraction of sp³-hybridized carbons (Fsp3) is 0.0833. The fourth-order valence-corrected chi connectivity index (χ4v) is 2.41. The maximum Gasteiger partial charge on any atom is 0.417 e. The summed E-state index contributed by atoms with van der Waals surface area (Å²) in [6.07, 6.45) is -3.98. The molecule has 1 aromatic carbocycles. The van der Waals surface area contributed by atoms with Crippen molar-refractivity contribution in [1.29, 1.82) is 0 Å². The third-order valence-corrected chi connectivity index (χ3v) is 4.10. The van der Waals surface area contributed by atoms with E-state index in [1.54, 1.807) is 0 Å². The Labute approximate surface area is 132 Å². The van der Waals surface area contributed by atoms with Gasteiger partial charge >= 0.3 is 6.18 Å². The molecule has 0 bridgehead atoms. The predicted molar refractivity (Wildman–Crippen MR) is 73.8 cm³/mol. The molecule has 0 amide bonds. The van der Waals surface area contributed by atoms with Gasteiger partial charge in [0.1, 0.15) is 10.8 Å². The van der Waals surface area contributed by atoms with E-state index in [0.717, 1.165) is 0 Å². The second-order valence-corrected chi connectivity index (χ2v) is 6.99. The second-order valence-electron chi connectivity index (χ2n) is 4.02. The summed E-state index contributed by atoms with van der Waals surface area (Å²) in [5, 5.41) is -0.330. The minimum Gasteiger partial charge on any atom is -0.438 e. The largest absolute Gasteiger partial charge is 0.438 e. The normalized spacial score (nSPS) is 12.2. The predicted octanol–water partition coefficient (Wildman–Crippen LogP) is 4.47. The number of benzene rings is 1. The van der Waals surface area contributed by atoms with Gasteiger partial charge in [-0.1, -0.05) is 11.6 Å². The molecule has 0 saturated carbocycles. The van der Waals surface area contributed by atoms with E-state index >= 15 is 0 Å². The summed E-state index contributed by atoms with van der Waals surface area (Å²) in [6, 6.07) is 5.57. The van der Waals surface area contributed by atoms with Crippen molar-refractivity contribution in [3.63, 3.8) is 0 Å². The lowest BCUT2D eigenvalue weighted by Gasteiger charge is -2.10. The van der Waals surface area contributed by atoms with Crippen LogP contribution < -0.4 is 4.74 Å². The number of hydrogen-bond acceptors (Lipinski definition) is 4. The lowest BCUT2D eigenvalue weighted by Crippen LogP contribution is -2.05. The summed E-state index contributed by atoms with van der Waals surface area (Å²) in [7, 11) is 1.28. The van der Waals surface area contributed by atoms with Crippen molar-refractivity contribution in [3.05, 3.63) is 47.1 Å². The molecule has 0 atom stereocenters. The van der Waals surface area contributed by atoms with Crippen LogP contribution in [0.1, 0.15) is 5.56 Å². The van der Waals surface area contributed by atoms with Crippen molar-refractivity contribution in [2.75, 3.05) is 0 Å². The number of alkyl halides is 3. The van der Waals surface area contributed by atoms with Gasteiger partial charge in [0.15, 0.2) is 0 Å². The standard InChI is InChI=1S/C12H6Cl2F3NO3S/c13-10-5-7(12(15,16)17)6-18-11(10)21-8-1-3-9(4-2-8)22(14,19)20/h1-6H. The first-order chi connectivity index (χ1) is 10.1. The SMILES string of the molecule is O=S(=O)(Cl)c1ccc(Oc2ncc(C(F)(F)F)cc2Cl)cc1. The summed E-state index contributed by atoms with van der Waals surface area (Å²) in [4.78, 5) is 3.35. The molecular formula is C12H6Cl2F3NO3S. The van der Waals surface area contributed by atoms with Gasteiger partial charge in [-0.15, -0.1) is 0 Å². The third kappa shape index (κ3) is 4.02. The van der Waals surface area contributed by atoms with E-state index in [9.17, 15) is 21.6 Å². The molecule has 2 aromatic rings. The van der Waals surface area contributed by atoms with Gasteiger partial charge in [-0.05, 0) is 30.3 Å². The van der Waals surface area contributed by atoms with Crippen LogP contribution in [0.4, 0.5) is 13.2 Å². The first-order valence-corrected chi connectivity index (χ1v) is 8.21. The number of hydrogen-bond donors (Lipinski definition) is 0. The zero-order valence-corrected chi connectivity index (χ0v) is 12.8. The number of ether oxygens (including phenoxy) is 1. The molecule has 0 spiro atoms. The maximum absolute atomic E-state index is 12.5. The van der Waals surface area contributed by atoms with Crippen molar-refractivity contribution >= 4 is 31.3 Å². The van der Waals surface area contributed by atoms with Crippen molar-refractivity contribution in [2.24, 2.45) is 0 Å². The van der Waals surface area contributed by atoms with E-state index in [-0.39, 0.29) is 21.5 Å². The minimum atomic E-state index is -4.56. The van der Waals surface area contributed by atoms with Crippen LogP contribution in [-0.4, -0.2) is 13.4 Å². The highest BCUT2D eigenvalue weighted by Gasteiger charge is 2.31. The summed E-state index contributed by atoms with van der Waals surface area (Å²) >= 11 is 5.68. The lowest BCUT2D eigenvalue weighted by molar-refractivity contribution is -0.137. The molecule has 0 aliphatic heterocycles.